The van der Waals surface area contributed by atoms with Crippen molar-refractivity contribution < 1.29 is 22.3 Å². The van der Waals surface area contributed by atoms with E-state index in [9.17, 15) is 13.2 Å². The van der Waals surface area contributed by atoms with Gasteiger partial charge >= 0.3 is 6.36 Å². The van der Waals surface area contributed by atoms with Gasteiger partial charge in [0.2, 0.25) is 0 Å². The first-order valence-electron chi connectivity index (χ1n) is 6.92. The molecule has 8 heteroatoms. The third-order valence-corrected chi connectivity index (χ3v) is 3.44. The molecule has 0 unspecified atom stereocenters. The molecule has 0 spiro atoms. The Morgan fingerprint density at radius 3 is 2.70 bits per heavy atom. The molecule has 23 heavy (non-hydrogen) atoms. The van der Waals surface area contributed by atoms with Crippen molar-refractivity contribution in [2.75, 3.05) is 0 Å². The topological polar surface area (TPSA) is 77.1 Å². The summed E-state index contributed by atoms with van der Waals surface area (Å²) in [6.07, 6.45) is -1.22. The van der Waals surface area contributed by atoms with Gasteiger partial charge in [0.25, 0.3) is 0 Å². The molecule has 2 aromatic heterocycles. The maximum absolute atomic E-state index is 12.6. The Morgan fingerprint density at radius 1 is 1.22 bits per heavy atom. The predicted octanol–water partition coefficient (Wildman–Crippen LogP) is 3.30. The lowest BCUT2D eigenvalue weighted by Gasteiger charge is -2.13. The van der Waals surface area contributed by atoms with E-state index in [1.54, 1.807) is 12.1 Å². The third kappa shape index (κ3) is 3.65. The average molecular weight is 325 g/mol. The summed E-state index contributed by atoms with van der Waals surface area (Å²) in [5.41, 5.74) is 8.11. The zero-order valence-electron chi connectivity index (χ0n) is 12.0. The molecule has 122 valence electrons. The number of fused-ring (bicyclic) bond motifs is 1. The minimum absolute atomic E-state index is 0.212. The highest BCUT2D eigenvalue weighted by Crippen LogP contribution is 2.31. The first-order valence-corrected chi connectivity index (χ1v) is 6.92. The zero-order valence-corrected chi connectivity index (χ0v) is 12.0. The molecule has 0 radical (unpaired) electrons. The first-order chi connectivity index (χ1) is 10.9. The van der Waals surface area contributed by atoms with Crippen LogP contribution in [-0.4, -0.2) is 16.3 Å². The van der Waals surface area contributed by atoms with E-state index in [4.69, 9.17) is 10.2 Å². The van der Waals surface area contributed by atoms with Gasteiger partial charge in [0.1, 0.15) is 12.0 Å². The maximum atomic E-state index is 12.6. The molecule has 3 rings (SSSR count). The summed E-state index contributed by atoms with van der Waals surface area (Å²) in [5, 5.41) is 0.620. The van der Waals surface area contributed by atoms with Crippen LogP contribution in [0.25, 0.3) is 10.9 Å². The fraction of sp³-hybridized carbons (Fsp3) is 0.267. The molecule has 2 heterocycles. The third-order valence-electron chi connectivity index (χ3n) is 3.44. The number of benzene rings is 1. The number of rotatable bonds is 5. The van der Waals surface area contributed by atoms with E-state index < -0.39 is 6.36 Å². The number of hydrogen-bond donors (Lipinski definition) is 2. The van der Waals surface area contributed by atoms with Gasteiger partial charge in [-0.15, -0.1) is 13.2 Å². The van der Waals surface area contributed by atoms with Crippen molar-refractivity contribution in [3.8, 4) is 5.75 Å². The highest BCUT2D eigenvalue weighted by Gasteiger charge is 2.32. The van der Waals surface area contributed by atoms with Gasteiger partial charge in [-0.25, -0.2) is 4.98 Å². The summed E-state index contributed by atoms with van der Waals surface area (Å²) >= 11 is 0. The van der Waals surface area contributed by atoms with E-state index in [0.717, 1.165) is 11.2 Å². The van der Waals surface area contributed by atoms with Crippen LogP contribution in [0.5, 0.6) is 5.75 Å². The van der Waals surface area contributed by atoms with Crippen LogP contribution in [-0.2, 0) is 19.4 Å². The Hall–Kier alpha value is -2.48. The van der Waals surface area contributed by atoms with Crippen LogP contribution in [0.1, 0.15) is 17.0 Å². The van der Waals surface area contributed by atoms with Gasteiger partial charge in [-0.2, -0.15) is 0 Å². The number of aryl methyl sites for hydroxylation is 2. The van der Waals surface area contributed by atoms with Gasteiger partial charge < -0.3 is 19.9 Å². The van der Waals surface area contributed by atoms with Crippen LogP contribution in [0.2, 0.25) is 0 Å². The van der Waals surface area contributed by atoms with E-state index >= 15 is 0 Å². The second-order valence-corrected chi connectivity index (χ2v) is 5.07. The van der Waals surface area contributed by atoms with Crippen LogP contribution < -0.4 is 10.5 Å². The molecule has 0 aliphatic heterocycles. The summed E-state index contributed by atoms with van der Waals surface area (Å²) in [6, 6.07) is 4.73. The quantitative estimate of drug-likeness (QED) is 0.754. The summed E-state index contributed by atoms with van der Waals surface area (Å²) in [7, 11) is 0. The highest BCUT2D eigenvalue weighted by molar-refractivity contribution is 5.83. The highest BCUT2D eigenvalue weighted by atomic mass is 19.4. The molecule has 0 aliphatic carbocycles. The lowest BCUT2D eigenvalue weighted by Crippen LogP contribution is -2.18. The molecular weight excluding hydrogens is 311 g/mol. The molecule has 5 nitrogen and oxygen atoms in total. The molecule has 0 saturated carbocycles. The van der Waals surface area contributed by atoms with Gasteiger partial charge in [-0.1, -0.05) is 0 Å². The lowest BCUT2D eigenvalue weighted by atomic mass is 10.1. The predicted molar refractivity (Wildman–Crippen MR) is 76.8 cm³/mol. The fourth-order valence-corrected chi connectivity index (χ4v) is 2.41. The Bertz CT molecular complexity index is 794. The maximum Gasteiger partial charge on any atom is 0.573 e. The van der Waals surface area contributed by atoms with Crippen molar-refractivity contribution in [3.63, 3.8) is 0 Å². The molecule has 3 N–H and O–H groups in total. The van der Waals surface area contributed by atoms with Gasteiger partial charge in [-0.3, -0.25) is 0 Å². The molecule has 0 fully saturated rings. The Morgan fingerprint density at radius 2 is 2.04 bits per heavy atom. The number of nitrogens with two attached hydrogens (primary N) is 1. The summed E-state index contributed by atoms with van der Waals surface area (Å²) < 4.78 is 46.9. The monoisotopic (exact) mass is 325 g/mol. The lowest BCUT2D eigenvalue weighted by molar-refractivity contribution is -0.274. The normalized spacial score (nSPS) is 12.0. The Kier molecular flexibility index (Phi) is 3.99. The smallest absolute Gasteiger partial charge is 0.451 e. The summed E-state index contributed by atoms with van der Waals surface area (Å²) in [4.78, 5) is 7.03. The van der Waals surface area contributed by atoms with Crippen LogP contribution in [0, 0.1) is 0 Å². The Balaban J connectivity index is 1.95. The minimum atomic E-state index is -4.75. The van der Waals surface area contributed by atoms with Crippen molar-refractivity contribution in [1.29, 1.82) is 0 Å². The Labute approximate surface area is 129 Å². The SMILES string of the molecule is NCc1cc2cc(OC(F)(F)F)c(CCc3cocn3)cc2[nH]1. The second-order valence-electron chi connectivity index (χ2n) is 5.07. The fourth-order valence-electron chi connectivity index (χ4n) is 2.41. The standard InChI is InChI=1S/C15H14F3N3O2/c16-15(17,18)23-14-5-10-3-12(6-19)21-13(10)4-9(14)1-2-11-7-22-8-20-11/h3-5,7-8,21H,1-2,6,19H2. The van der Waals surface area contributed by atoms with Crippen LogP contribution in [0.4, 0.5) is 13.2 Å². The number of nitrogens with one attached hydrogen (secondary N) is 1. The average Bonchev–Trinajstić information content (AvgIpc) is 3.11. The molecular formula is C15H14F3N3O2. The molecule has 0 aliphatic rings. The van der Waals surface area contributed by atoms with Gasteiger partial charge in [0.05, 0.1) is 5.69 Å². The minimum Gasteiger partial charge on any atom is -0.451 e. The van der Waals surface area contributed by atoms with Crippen molar-refractivity contribution in [2.24, 2.45) is 5.73 Å². The number of aromatic nitrogens is 2. The number of alkyl halides is 3. The van der Waals surface area contributed by atoms with E-state index in [1.807, 2.05) is 0 Å². The molecule has 3 aromatic rings. The number of hydrogen-bond acceptors (Lipinski definition) is 4. The molecule has 0 bridgehead atoms. The second kappa shape index (κ2) is 5.96. The van der Waals surface area contributed by atoms with Crippen LogP contribution in [0.3, 0.4) is 0 Å². The number of H-pyrrole nitrogens is 1. The van der Waals surface area contributed by atoms with E-state index in [2.05, 4.69) is 14.7 Å². The van der Waals surface area contributed by atoms with E-state index in [1.165, 1.54) is 18.7 Å². The van der Waals surface area contributed by atoms with Gasteiger partial charge in [0, 0.05) is 23.1 Å². The summed E-state index contributed by atoms with van der Waals surface area (Å²) in [5.74, 6) is -0.212. The number of halogens is 3. The summed E-state index contributed by atoms with van der Waals surface area (Å²) in [6.45, 7) is 0.276. The number of nitrogens with zero attached hydrogens (tertiary/aromatic N) is 1. The van der Waals surface area contributed by atoms with Crippen LogP contribution in [0.15, 0.2) is 35.3 Å². The van der Waals surface area contributed by atoms with Gasteiger partial charge in [-0.05, 0) is 36.6 Å². The zero-order chi connectivity index (χ0) is 16.4. The van der Waals surface area contributed by atoms with Gasteiger partial charge in [0.15, 0.2) is 6.39 Å². The molecule has 0 amide bonds. The molecule has 0 atom stereocenters. The van der Waals surface area contributed by atoms with E-state index in [-0.39, 0.29) is 12.3 Å². The van der Waals surface area contributed by atoms with E-state index in [0.29, 0.717) is 29.5 Å². The number of aromatic amines is 1. The first kappa shape index (κ1) is 15.4. The number of ether oxygens (including phenoxy) is 1. The molecule has 1 aromatic carbocycles. The van der Waals surface area contributed by atoms with Crippen LogP contribution >= 0.6 is 0 Å². The van der Waals surface area contributed by atoms with Crippen molar-refractivity contribution in [2.45, 2.75) is 25.7 Å². The van der Waals surface area contributed by atoms with Crippen molar-refractivity contribution in [1.82, 2.24) is 9.97 Å². The molecule has 0 saturated heterocycles. The van der Waals surface area contributed by atoms with Crippen molar-refractivity contribution >= 4 is 10.9 Å². The number of oxazole rings is 1. The van der Waals surface area contributed by atoms with Crippen molar-refractivity contribution in [3.05, 3.63) is 47.8 Å². The largest absolute Gasteiger partial charge is 0.573 e.